The third-order valence-corrected chi connectivity index (χ3v) is 4.78. The lowest BCUT2D eigenvalue weighted by molar-refractivity contribution is -0.117. The standard InChI is InChI=1S/C16H15NO3S/c18-15(11-5-3-7-14-10(11)8-9-21-14)17-13-6-2-1-4-12(13)16(19)20/h1-2,4,6,8-9,11H,3,5,7H2,(H,17,18)(H,19,20). The first kappa shape index (κ1) is 13.8. The maximum atomic E-state index is 12.5. The monoisotopic (exact) mass is 301 g/mol. The highest BCUT2D eigenvalue weighted by Gasteiger charge is 2.28. The third kappa shape index (κ3) is 2.69. The number of carboxylic acids is 1. The van der Waals surface area contributed by atoms with Crippen LogP contribution in [0.1, 0.15) is 39.6 Å². The Morgan fingerprint density at radius 3 is 2.86 bits per heavy atom. The summed E-state index contributed by atoms with van der Waals surface area (Å²) in [6.07, 6.45) is 2.83. The number of hydrogen-bond donors (Lipinski definition) is 2. The Labute approximate surface area is 126 Å². The van der Waals surface area contributed by atoms with Crippen molar-refractivity contribution in [3.8, 4) is 0 Å². The van der Waals surface area contributed by atoms with Crippen molar-refractivity contribution < 1.29 is 14.7 Å². The molecule has 1 aliphatic rings. The molecule has 108 valence electrons. The Morgan fingerprint density at radius 2 is 2.05 bits per heavy atom. The first-order valence-electron chi connectivity index (χ1n) is 6.86. The predicted molar refractivity (Wildman–Crippen MR) is 82.0 cm³/mol. The van der Waals surface area contributed by atoms with E-state index in [0.29, 0.717) is 5.69 Å². The van der Waals surface area contributed by atoms with Gasteiger partial charge >= 0.3 is 5.97 Å². The van der Waals surface area contributed by atoms with Crippen molar-refractivity contribution in [2.75, 3.05) is 5.32 Å². The van der Waals surface area contributed by atoms with E-state index in [0.717, 1.165) is 24.8 Å². The third-order valence-electron chi connectivity index (χ3n) is 3.78. The Hall–Kier alpha value is -2.14. The molecule has 1 heterocycles. The molecular formula is C16H15NO3S. The molecule has 0 saturated heterocycles. The topological polar surface area (TPSA) is 66.4 Å². The number of nitrogens with one attached hydrogen (secondary N) is 1. The van der Waals surface area contributed by atoms with Crippen LogP contribution in [0.15, 0.2) is 35.7 Å². The number of aromatic carboxylic acids is 1. The lowest BCUT2D eigenvalue weighted by Gasteiger charge is -2.22. The molecule has 0 saturated carbocycles. The van der Waals surface area contributed by atoms with E-state index >= 15 is 0 Å². The van der Waals surface area contributed by atoms with Crippen LogP contribution in [0.4, 0.5) is 5.69 Å². The van der Waals surface area contributed by atoms with Gasteiger partial charge in [0.05, 0.1) is 17.2 Å². The molecule has 5 heteroatoms. The summed E-state index contributed by atoms with van der Waals surface area (Å²) in [5.74, 6) is -1.34. The van der Waals surface area contributed by atoms with Crippen molar-refractivity contribution in [1.29, 1.82) is 0 Å². The summed E-state index contributed by atoms with van der Waals surface area (Å²) in [6.45, 7) is 0. The van der Waals surface area contributed by atoms with Gasteiger partial charge in [-0.3, -0.25) is 4.79 Å². The Kier molecular flexibility index (Phi) is 3.75. The Morgan fingerprint density at radius 1 is 1.24 bits per heavy atom. The smallest absolute Gasteiger partial charge is 0.337 e. The number of carboxylic acid groups (broad SMARTS) is 1. The van der Waals surface area contributed by atoms with Crippen LogP contribution in [0.3, 0.4) is 0 Å². The van der Waals surface area contributed by atoms with Crippen LogP contribution in [0.5, 0.6) is 0 Å². The van der Waals surface area contributed by atoms with Gasteiger partial charge in [0.2, 0.25) is 5.91 Å². The molecule has 0 bridgehead atoms. The molecular weight excluding hydrogens is 286 g/mol. The van der Waals surface area contributed by atoms with E-state index in [1.165, 1.54) is 10.9 Å². The van der Waals surface area contributed by atoms with Crippen LogP contribution >= 0.6 is 11.3 Å². The highest BCUT2D eigenvalue weighted by molar-refractivity contribution is 7.10. The number of benzene rings is 1. The number of hydrogen-bond acceptors (Lipinski definition) is 3. The summed E-state index contributed by atoms with van der Waals surface area (Å²) in [5.41, 5.74) is 1.57. The van der Waals surface area contributed by atoms with Gasteiger partial charge in [-0.05, 0) is 48.4 Å². The molecule has 0 radical (unpaired) electrons. The summed E-state index contributed by atoms with van der Waals surface area (Å²) in [7, 11) is 0. The summed E-state index contributed by atoms with van der Waals surface area (Å²) in [5, 5.41) is 14.0. The van der Waals surface area contributed by atoms with Gasteiger partial charge < -0.3 is 10.4 Å². The van der Waals surface area contributed by atoms with Crippen molar-refractivity contribution in [3.63, 3.8) is 0 Å². The average Bonchev–Trinajstić information content (AvgIpc) is 2.95. The zero-order valence-corrected chi connectivity index (χ0v) is 12.2. The van der Waals surface area contributed by atoms with Gasteiger partial charge in [-0.1, -0.05) is 12.1 Å². The van der Waals surface area contributed by atoms with Gasteiger partial charge in [-0.25, -0.2) is 4.79 Å². The minimum Gasteiger partial charge on any atom is -0.478 e. The van der Waals surface area contributed by atoms with E-state index in [9.17, 15) is 9.59 Å². The summed E-state index contributed by atoms with van der Waals surface area (Å²) in [6, 6.07) is 8.50. The fourth-order valence-electron chi connectivity index (χ4n) is 2.76. The minimum absolute atomic E-state index is 0.118. The molecule has 1 atom stereocenters. The SMILES string of the molecule is O=C(O)c1ccccc1NC(=O)C1CCCc2sccc21. The number of carbonyl (C=O) groups excluding carboxylic acids is 1. The van der Waals surface area contributed by atoms with Gasteiger partial charge in [0.25, 0.3) is 0 Å². The van der Waals surface area contributed by atoms with E-state index in [4.69, 9.17) is 5.11 Å². The predicted octanol–water partition coefficient (Wildman–Crippen LogP) is 3.50. The summed E-state index contributed by atoms with van der Waals surface area (Å²) >= 11 is 1.69. The number of amides is 1. The van der Waals surface area contributed by atoms with E-state index in [2.05, 4.69) is 5.32 Å². The summed E-state index contributed by atoms with van der Waals surface area (Å²) < 4.78 is 0. The largest absolute Gasteiger partial charge is 0.478 e. The van der Waals surface area contributed by atoms with Crippen molar-refractivity contribution in [2.45, 2.75) is 25.2 Å². The second-order valence-electron chi connectivity index (χ2n) is 5.08. The van der Waals surface area contributed by atoms with Crippen LogP contribution in [0.2, 0.25) is 0 Å². The first-order valence-corrected chi connectivity index (χ1v) is 7.74. The molecule has 0 spiro atoms. The van der Waals surface area contributed by atoms with Gasteiger partial charge in [0.15, 0.2) is 0 Å². The van der Waals surface area contributed by atoms with Crippen LogP contribution in [-0.4, -0.2) is 17.0 Å². The van der Waals surface area contributed by atoms with Gasteiger partial charge in [-0.2, -0.15) is 0 Å². The van der Waals surface area contributed by atoms with Crippen molar-refractivity contribution in [3.05, 3.63) is 51.7 Å². The number of carbonyl (C=O) groups is 2. The van der Waals surface area contributed by atoms with E-state index < -0.39 is 5.97 Å². The summed E-state index contributed by atoms with van der Waals surface area (Å²) in [4.78, 5) is 25.0. The van der Waals surface area contributed by atoms with Crippen molar-refractivity contribution in [2.24, 2.45) is 0 Å². The van der Waals surface area contributed by atoms with E-state index in [1.54, 1.807) is 29.5 Å². The maximum absolute atomic E-state index is 12.5. The molecule has 1 aliphatic carbocycles. The van der Waals surface area contributed by atoms with E-state index in [1.807, 2.05) is 11.4 Å². The highest BCUT2D eigenvalue weighted by Crippen LogP contribution is 2.35. The normalized spacial score (nSPS) is 17.0. The molecule has 2 N–H and O–H groups in total. The number of rotatable bonds is 3. The molecule has 0 fully saturated rings. The fourth-order valence-corrected chi connectivity index (χ4v) is 3.74. The first-order chi connectivity index (χ1) is 10.2. The van der Waals surface area contributed by atoms with Crippen LogP contribution in [0.25, 0.3) is 0 Å². The second kappa shape index (κ2) is 5.69. The van der Waals surface area contributed by atoms with Crippen LogP contribution < -0.4 is 5.32 Å². The molecule has 1 amide bonds. The molecule has 2 aromatic rings. The average molecular weight is 301 g/mol. The van der Waals surface area contributed by atoms with Crippen LogP contribution in [0, 0.1) is 0 Å². The molecule has 0 aliphatic heterocycles. The number of aryl methyl sites for hydroxylation is 1. The number of thiophene rings is 1. The van der Waals surface area contributed by atoms with Crippen molar-refractivity contribution >= 4 is 28.9 Å². The fraction of sp³-hybridized carbons (Fsp3) is 0.250. The molecule has 21 heavy (non-hydrogen) atoms. The lowest BCUT2D eigenvalue weighted by atomic mass is 9.87. The van der Waals surface area contributed by atoms with Gasteiger partial charge in [0, 0.05) is 4.88 Å². The molecule has 1 aromatic carbocycles. The molecule has 1 aromatic heterocycles. The van der Waals surface area contributed by atoms with Crippen molar-refractivity contribution in [1.82, 2.24) is 0 Å². The quantitative estimate of drug-likeness (QED) is 0.911. The Bertz CT molecular complexity index is 692. The maximum Gasteiger partial charge on any atom is 0.337 e. The Balaban J connectivity index is 1.84. The number of anilines is 1. The molecule has 3 rings (SSSR count). The lowest BCUT2D eigenvalue weighted by Crippen LogP contribution is -2.24. The second-order valence-corrected chi connectivity index (χ2v) is 6.08. The number of para-hydroxylation sites is 1. The van der Waals surface area contributed by atoms with Gasteiger partial charge in [-0.15, -0.1) is 11.3 Å². The van der Waals surface area contributed by atoms with Crippen LogP contribution in [-0.2, 0) is 11.2 Å². The van der Waals surface area contributed by atoms with Gasteiger partial charge in [0.1, 0.15) is 0 Å². The molecule has 4 nitrogen and oxygen atoms in total. The molecule has 1 unspecified atom stereocenters. The zero-order chi connectivity index (χ0) is 14.8. The zero-order valence-electron chi connectivity index (χ0n) is 11.3. The number of fused-ring (bicyclic) bond motifs is 1. The van der Waals surface area contributed by atoms with E-state index in [-0.39, 0.29) is 17.4 Å². The highest BCUT2D eigenvalue weighted by atomic mass is 32.1. The minimum atomic E-state index is -1.04.